The molecule has 0 saturated heterocycles. The van der Waals surface area contributed by atoms with Crippen LogP contribution in [0.15, 0.2) is 36.4 Å². The van der Waals surface area contributed by atoms with Crippen LogP contribution < -0.4 is 19.5 Å². The van der Waals surface area contributed by atoms with Gasteiger partial charge in [0.1, 0.15) is 5.75 Å². The number of halogens is 3. The van der Waals surface area contributed by atoms with Crippen molar-refractivity contribution in [1.29, 1.82) is 0 Å². The highest BCUT2D eigenvalue weighted by Crippen LogP contribution is 2.42. The van der Waals surface area contributed by atoms with Crippen LogP contribution in [0.5, 0.6) is 17.2 Å². The van der Waals surface area contributed by atoms with Gasteiger partial charge in [-0.3, -0.25) is 0 Å². The summed E-state index contributed by atoms with van der Waals surface area (Å²) in [6, 6.07) is 9.60. The minimum absolute atomic E-state index is 0.0363. The lowest BCUT2D eigenvalue weighted by atomic mass is 10.1. The highest BCUT2D eigenvalue weighted by atomic mass is 19.4. The Morgan fingerprint density at radius 1 is 0.964 bits per heavy atom. The molecule has 3 aromatic rings. The van der Waals surface area contributed by atoms with Crippen molar-refractivity contribution in [3.05, 3.63) is 42.1 Å². The van der Waals surface area contributed by atoms with Crippen molar-refractivity contribution >= 4 is 22.5 Å². The van der Waals surface area contributed by atoms with Crippen LogP contribution in [0.3, 0.4) is 0 Å². The van der Waals surface area contributed by atoms with E-state index in [1.165, 1.54) is 26.4 Å². The SMILES string of the molecule is CCOc1c(OC)ccc2nc(Nc3ccc(OC)cc3)nc(C(F)(F)F)c12. The van der Waals surface area contributed by atoms with Gasteiger partial charge in [-0.2, -0.15) is 13.2 Å². The van der Waals surface area contributed by atoms with Crippen LogP contribution in [0, 0.1) is 0 Å². The number of hydrogen-bond donors (Lipinski definition) is 1. The highest BCUT2D eigenvalue weighted by molar-refractivity contribution is 5.91. The van der Waals surface area contributed by atoms with Crippen molar-refractivity contribution in [3.8, 4) is 17.2 Å². The molecule has 0 radical (unpaired) electrons. The fourth-order valence-electron chi connectivity index (χ4n) is 2.69. The quantitative estimate of drug-likeness (QED) is 0.649. The number of alkyl halides is 3. The Hall–Kier alpha value is -3.23. The zero-order chi connectivity index (χ0) is 20.3. The molecule has 148 valence electrons. The normalized spacial score (nSPS) is 11.4. The van der Waals surface area contributed by atoms with Gasteiger partial charge < -0.3 is 19.5 Å². The Labute approximate surface area is 159 Å². The molecule has 0 bridgehead atoms. The second-order valence-electron chi connectivity index (χ2n) is 5.67. The van der Waals surface area contributed by atoms with E-state index in [1.807, 2.05) is 0 Å². The van der Waals surface area contributed by atoms with Gasteiger partial charge in [0.2, 0.25) is 5.95 Å². The first-order valence-electron chi connectivity index (χ1n) is 8.37. The monoisotopic (exact) mass is 393 g/mol. The zero-order valence-corrected chi connectivity index (χ0v) is 15.4. The molecule has 1 N–H and O–H groups in total. The maximum atomic E-state index is 13.8. The summed E-state index contributed by atoms with van der Waals surface area (Å²) < 4.78 is 56.9. The lowest BCUT2D eigenvalue weighted by Gasteiger charge is -2.17. The van der Waals surface area contributed by atoms with Crippen molar-refractivity contribution in [1.82, 2.24) is 9.97 Å². The maximum absolute atomic E-state index is 13.8. The van der Waals surface area contributed by atoms with Gasteiger partial charge in [0.25, 0.3) is 0 Å². The van der Waals surface area contributed by atoms with E-state index in [4.69, 9.17) is 14.2 Å². The topological polar surface area (TPSA) is 65.5 Å². The van der Waals surface area contributed by atoms with Gasteiger partial charge >= 0.3 is 6.18 Å². The molecule has 28 heavy (non-hydrogen) atoms. The van der Waals surface area contributed by atoms with Crippen molar-refractivity contribution in [2.24, 2.45) is 0 Å². The molecule has 1 heterocycles. The first kappa shape index (κ1) is 19.5. The van der Waals surface area contributed by atoms with Crippen molar-refractivity contribution in [2.45, 2.75) is 13.1 Å². The number of methoxy groups -OCH3 is 2. The van der Waals surface area contributed by atoms with E-state index in [-0.39, 0.29) is 35.0 Å². The Morgan fingerprint density at radius 2 is 1.68 bits per heavy atom. The third-order valence-electron chi connectivity index (χ3n) is 3.90. The van der Waals surface area contributed by atoms with E-state index < -0.39 is 11.9 Å². The van der Waals surface area contributed by atoms with E-state index in [1.54, 1.807) is 31.2 Å². The van der Waals surface area contributed by atoms with Gasteiger partial charge in [-0.1, -0.05) is 0 Å². The summed E-state index contributed by atoms with van der Waals surface area (Å²) in [6.45, 7) is 1.84. The minimum Gasteiger partial charge on any atom is -0.497 e. The molecule has 2 aromatic carbocycles. The third kappa shape index (κ3) is 3.88. The van der Waals surface area contributed by atoms with Crippen LogP contribution in [-0.2, 0) is 6.18 Å². The Balaban J connectivity index is 2.15. The molecule has 0 aliphatic rings. The van der Waals surface area contributed by atoms with Crippen molar-refractivity contribution < 1.29 is 27.4 Å². The summed E-state index contributed by atoms with van der Waals surface area (Å²) in [7, 11) is 2.88. The van der Waals surface area contributed by atoms with Gasteiger partial charge in [0, 0.05) is 5.69 Å². The van der Waals surface area contributed by atoms with E-state index in [0.29, 0.717) is 11.4 Å². The molecule has 0 aliphatic carbocycles. The Bertz CT molecular complexity index is 976. The number of rotatable bonds is 6. The molecular formula is C19H18F3N3O3. The molecule has 1 aromatic heterocycles. The number of benzene rings is 2. The van der Waals surface area contributed by atoms with Crippen LogP contribution in [-0.4, -0.2) is 30.8 Å². The average Bonchev–Trinajstić information content (AvgIpc) is 2.67. The molecule has 3 rings (SSSR count). The van der Waals surface area contributed by atoms with Crippen LogP contribution in [0.25, 0.3) is 10.9 Å². The third-order valence-corrected chi connectivity index (χ3v) is 3.90. The van der Waals surface area contributed by atoms with Crippen LogP contribution >= 0.6 is 0 Å². The number of hydrogen-bond acceptors (Lipinski definition) is 6. The first-order chi connectivity index (χ1) is 13.4. The maximum Gasteiger partial charge on any atom is 0.434 e. The lowest BCUT2D eigenvalue weighted by molar-refractivity contribution is -0.139. The second kappa shape index (κ2) is 7.79. The molecule has 0 fully saturated rings. The minimum atomic E-state index is -4.71. The largest absolute Gasteiger partial charge is 0.497 e. The van der Waals surface area contributed by atoms with Crippen LogP contribution in [0.1, 0.15) is 12.6 Å². The number of nitrogens with one attached hydrogen (secondary N) is 1. The number of nitrogens with zero attached hydrogens (tertiary/aromatic N) is 2. The molecule has 9 heteroatoms. The fraction of sp³-hybridized carbons (Fsp3) is 0.263. The summed E-state index contributed by atoms with van der Waals surface area (Å²) >= 11 is 0. The number of fused-ring (bicyclic) bond motifs is 1. The van der Waals surface area contributed by atoms with Crippen molar-refractivity contribution in [2.75, 3.05) is 26.1 Å². The van der Waals surface area contributed by atoms with Gasteiger partial charge in [0.05, 0.1) is 31.7 Å². The van der Waals surface area contributed by atoms with Crippen LogP contribution in [0.4, 0.5) is 24.8 Å². The van der Waals surface area contributed by atoms with E-state index in [9.17, 15) is 13.2 Å². The molecule has 0 unspecified atom stereocenters. The van der Waals surface area contributed by atoms with E-state index in [2.05, 4.69) is 15.3 Å². The number of anilines is 2. The predicted octanol–water partition coefficient (Wildman–Crippen LogP) is 4.81. The zero-order valence-electron chi connectivity index (χ0n) is 15.4. The molecule has 0 saturated carbocycles. The molecular weight excluding hydrogens is 375 g/mol. The highest BCUT2D eigenvalue weighted by Gasteiger charge is 2.37. The fourth-order valence-corrected chi connectivity index (χ4v) is 2.69. The smallest absolute Gasteiger partial charge is 0.434 e. The van der Waals surface area contributed by atoms with Gasteiger partial charge in [-0.05, 0) is 43.3 Å². The lowest BCUT2D eigenvalue weighted by Crippen LogP contribution is -2.13. The molecule has 6 nitrogen and oxygen atoms in total. The molecule has 0 amide bonds. The summed E-state index contributed by atoms with van der Waals surface area (Å²) in [5.41, 5.74) is -0.495. The molecule has 0 atom stereocenters. The predicted molar refractivity (Wildman–Crippen MR) is 98.5 cm³/mol. The van der Waals surface area contributed by atoms with Gasteiger partial charge in [-0.15, -0.1) is 0 Å². The number of ether oxygens (including phenoxy) is 3. The summed E-state index contributed by atoms with van der Waals surface area (Å²) in [5, 5.41) is 2.55. The van der Waals surface area contributed by atoms with Crippen molar-refractivity contribution in [3.63, 3.8) is 0 Å². The second-order valence-corrected chi connectivity index (χ2v) is 5.67. The first-order valence-corrected chi connectivity index (χ1v) is 8.37. The summed E-state index contributed by atoms with van der Waals surface area (Å²) in [6.07, 6.45) is -4.71. The van der Waals surface area contributed by atoms with E-state index >= 15 is 0 Å². The summed E-state index contributed by atoms with van der Waals surface area (Å²) in [4.78, 5) is 7.93. The standard InChI is InChI=1S/C19H18F3N3O3/c1-4-28-16-14(27-3)10-9-13-15(16)17(19(20,21)22)25-18(24-13)23-11-5-7-12(26-2)8-6-11/h5-10H,4H2,1-3H3,(H,23,24,25). The van der Waals surface area contributed by atoms with Gasteiger partial charge in [0.15, 0.2) is 17.2 Å². The molecule has 0 aliphatic heterocycles. The Kier molecular flexibility index (Phi) is 5.43. The Morgan fingerprint density at radius 3 is 2.25 bits per heavy atom. The van der Waals surface area contributed by atoms with Crippen LogP contribution in [0.2, 0.25) is 0 Å². The molecule has 0 spiro atoms. The average molecular weight is 393 g/mol. The van der Waals surface area contributed by atoms with Gasteiger partial charge in [-0.25, -0.2) is 9.97 Å². The van der Waals surface area contributed by atoms with E-state index in [0.717, 1.165) is 0 Å². The number of aromatic nitrogens is 2. The summed E-state index contributed by atoms with van der Waals surface area (Å²) in [5.74, 6) is 0.581.